The minimum atomic E-state index is -0.454. The van der Waals surface area contributed by atoms with Gasteiger partial charge in [-0.25, -0.2) is 0 Å². The molecule has 0 aliphatic carbocycles. The third kappa shape index (κ3) is 2.68. The lowest BCUT2D eigenvalue weighted by Crippen LogP contribution is -2.22. The monoisotopic (exact) mass is 235 g/mol. The van der Waals surface area contributed by atoms with Gasteiger partial charge in [-0.2, -0.15) is 0 Å². The van der Waals surface area contributed by atoms with E-state index in [0.29, 0.717) is 18.9 Å². The minimum Gasteiger partial charge on any atom is -0.365 e. The highest BCUT2D eigenvalue weighted by atomic mass is 16.6. The maximum absolute atomic E-state index is 10.5. The average Bonchev–Trinajstić information content (AvgIpc) is 2.68. The Kier molecular flexibility index (Phi) is 3.17. The van der Waals surface area contributed by atoms with Gasteiger partial charge in [-0.15, -0.1) is 0 Å². The fourth-order valence-electron chi connectivity index (χ4n) is 1.71. The second kappa shape index (κ2) is 4.77. The fraction of sp³-hybridized carbons (Fsp3) is 0.400. The molecule has 2 heterocycles. The van der Waals surface area contributed by atoms with Gasteiger partial charge in [-0.3, -0.25) is 20.1 Å². The van der Waals surface area contributed by atoms with Crippen molar-refractivity contribution in [1.82, 2.24) is 20.2 Å². The summed E-state index contributed by atoms with van der Waals surface area (Å²) in [7, 11) is 0. The molecule has 2 rings (SSSR count). The summed E-state index contributed by atoms with van der Waals surface area (Å²) in [5.41, 5.74) is 1.69. The standard InChI is InChI=1S/C10H13N5O2/c1-8-9(12-3-2-11-8)6-14-5-4-13-10(14)7-15(16)17/h2-3,7,13H,4-6H2,1H3/b10-7+. The first-order valence-electron chi connectivity index (χ1n) is 5.27. The van der Waals surface area contributed by atoms with E-state index in [0.717, 1.165) is 24.1 Å². The van der Waals surface area contributed by atoms with E-state index in [1.54, 1.807) is 12.4 Å². The van der Waals surface area contributed by atoms with Crippen molar-refractivity contribution in [2.24, 2.45) is 0 Å². The average molecular weight is 235 g/mol. The lowest BCUT2D eigenvalue weighted by Gasteiger charge is -2.17. The Hall–Kier alpha value is -2.18. The number of nitro groups is 1. The van der Waals surface area contributed by atoms with Crippen molar-refractivity contribution in [1.29, 1.82) is 0 Å². The van der Waals surface area contributed by atoms with E-state index in [1.807, 2.05) is 11.8 Å². The Morgan fingerprint density at radius 1 is 1.59 bits per heavy atom. The second-order valence-electron chi connectivity index (χ2n) is 3.74. The van der Waals surface area contributed by atoms with E-state index < -0.39 is 4.92 Å². The zero-order chi connectivity index (χ0) is 12.3. The van der Waals surface area contributed by atoms with Gasteiger partial charge in [0.05, 0.1) is 22.9 Å². The fourth-order valence-corrected chi connectivity index (χ4v) is 1.71. The van der Waals surface area contributed by atoms with Gasteiger partial charge in [0.2, 0.25) is 0 Å². The van der Waals surface area contributed by atoms with Crippen LogP contribution in [-0.2, 0) is 6.54 Å². The predicted octanol–water partition coefficient (Wildman–Crippen LogP) is 0.266. The largest absolute Gasteiger partial charge is 0.365 e. The number of hydrogen-bond donors (Lipinski definition) is 1. The van der Waals surface area contributed by atoms with Crippen LogP contribution in [0, 0.1) is 17.0 Å². The Labute approximate surface area is 98.3 Å². The number of aryl methyl sites for hydroxylation is 1. The molecule has 17 heavy (non-hydrogen) atoms. The van der Waals surface area contributed by atoms with E-state index in [1.165, 1.54) is 0 Å². The molecule has 7 heteroatoms. The first-order chi connectivity index (χ1) is 8.16. The Balaban J connectivity index is 2.13. The summed E-state index contributed by atoms with van der Waals surface area (Å²) in [5, 5.41) is 13.4. The van der Waals surface area contributed by atoms with Gasteiger partial charge in [0.25, 0.3) is 6.20 Å². The first kappa shape index (κ1) is 11.3. The summed E-state index contributed by atoms with van der Waals surface area (Å²) in [4.78, 5) is 20.3. The van der Waals surface area contributed by atoms with Crippen LogP contribution in [0.4, 0.5) is 0 Å². The number of hydrogen-bond acceptors (Lipinski definition) is 6. The SMILES string of the molecule is Cc1nccnc1CN1CCN/C1=C\[N+](=O)[O-]. The summed E-state index contributed by atoms with van der Waals surface area (Å²) in [6, 6.07) is 0. The van der Waals surface area contributed by atoms with Crippen LogP contribution < -0.4 is 5.32 Å². The predicted molar refractivity (Wildman–Crippen MR) is 60.3 cm³/mol. The lowest BCUT2D eigenvalue weighted by atomic mass is 10.3. The van der Waals surface area contributed by atoms with Gasteiger partial charge < -0.3 is 10.2 Å². The molecule has 0 unspecified atom stereocenters. The van der Waals surface area contributed by atoms with E-state index in [4.69, 9.17) is 0 Å². The van der Waals surface area contributed by atoms with Gasteiger partial charge in [-0.05, 0) is 6.92 Å². The van der Waals surface area contributed by atoms with Crippen LogP contribution >= 0.6 is 0 Å². The summed E-state index contributed by atoms with van der Waals surface area (Å²) < 4.78 is 0. The van der Waals surface area contributed by atoms with Crippen LogP contribution in [0.3, 0.4) is 0 Å². The van der Waals surface area contributed by atoms with Gasteiger partial charge in [0.1, 0.15) is 0 Å². The first-order valence-corrected chi connectivity index (χ1v) is 5.27. The highest BCUT2D eigenvalue weighted by Gasteiger charge is 2.20. The molecule has 0 bridgehead atoms. The topological polar surface area (TPSA) is 84.2 Å². The smallest absolute Gasteiger partial charge is 0.274 e. The van der Waals surface area contributed by atoms with Crippen LogP contribution in [0.25, 0.3) is 0 Å². The van der Waals surface area contributed by atoms with Crippen LogP contribution in [0.2, 0.25) is 0 Å². The second-order valence-corrected chi connectivity index (χ2v) is 3.74. The molecule has 1 aromatic rings. The Bertz CT molecular complexity index is 460. The quantitative estimate of drug-likeness (QED) is 0.598. The van der Waals surface area contributed by atoms with Crippen molar-refractivity contribution < 1.29 is 4.92 Å². The van der Waals surface area contributed by atoms with Crippen LogP contribution in [0.1, 0.15) is 11.4 Å². The number of nitrogens with one attached hydrogen (secondary N) is 1. The van der Waals surface area contributed by atoms with Gasteiger partial charge >= 0.3 is 0 Å². The molecule has 90 valence electrons. The van der Waals surface area contributed by atoms with Crippen molar-refractivity contribution in [2.45, 2.75) is 13.5 Å². The molecular formula is C10H13N5O2. The Morgan fingerprint density at radius 3 is 3.06 bits per heavy atom. The summed E-state index contributed by atoms with van der Waals surface area (Å²) in [5.74, 6) is 0.528. The van der Waals surface area contributed by atoms with Crippen molar-refractivity contribution >= 4 is 0 Å². The summed E-state index contributed by atoms with van der Waals surface area (Å²) in [6.45, 7) is 3.85. The number of aromatic nitrogens is 2. The van der Waals surface area contributed by atoms with Crippen molar-refractivity contribution in [3.63, 3.8) is 0 Å². The Morgan fingerprint density at radius 2 is 2.35 bits per heavy atom. The molecule has 1 saturated heterocycles. The van der Waals surface area contributed by atoms with Gasteiger partial charge in [0.15, 0.2) is 5.82 Å². The van der Waals surface area contributed by atoms with E-state index in [9.17, 15) is 10.1 Å². The zero-order valence-electron chi connectivity index (χ0n) is 9.46. The molecule has 0 spiro atoms. The van der Waals surface area contributed by atoms with Crippen LogP contribution in [-0.4, -0.2) is 32.9 Å². The van der Waals surface area contributed by atoms with Crippen molar-refractivity contribution in [2.75, 3.05) is 13.1 Å². The molecule has 1 aliphatic heterocycles. The van der Waals surface area contributed by atoms with E-state index in [-0.39, 0.29) is 0 Å². The van der Waals surface area contributed by atoms with Gasteiger partial charge in [-0.1, -0.05) is 0 Å². The summed E-state index contributed by atoms with van der Waals surface area (Å²) in [6.07, 6.45) is 4.25. The van der Waals surface area contributed by atoms with E-state index >= 15 is 0 Å². The minimum absolute atomic E-state index is 0.454. The zero-order valence-corrected chi connectivity index (χ0v) is 9.46. The number of rotatable bonds is 3. The molecule has 0 saturated carbocycles. The van der Waals surface area contributed by atoms with Crippen LogP contribution in [0.15, 0.2) is 24.4 Å². The molecule has 1 fully saturated rings. The van der Waals surface area contributed by atoms with Crippen molar-refractivity contribution in [3.05, 3.63) is 45.9 Å². The third-order valence-corrected chi connectivity index (χ3v) is 2.58. The molecule has 0 radical (unpaired) electrons. The number of nitrogens with zero attached hydrogens (tertiary/aromatic N) is 4. The van der Waals surface area contributed by atoms with Gasteiger partial charge in [0, 0.05) is 25.5 Å². The molecule has 1 aromatic heterocycles. The molecular weight excluding hydrogens is 222 g/mol. The van der Waals surface area contributed by atoms with Crippen molar-refractivity contribution in [3.8, 4) is 0 Å². The van der Waals surface area contributed by atoms with E-state index in [2.05, 4.69) is 15.3 Å². The third-order valence-electron chi connectivity index (χ3n) is 2.58. The molecule has 1 aliphatic rings. The molecule has 1 N–H and O–H groups in total. The molecule has 0 amide bonds. The maximum Gasteiger partial charge on any atom is 0.274 e. The summed E-state index contributed by atoms with van der Waals surface area (Å²) >= 11 is 0. The van der Waals surface area contributed by atoms with Crippen LogP contribution in [0.5, 0.6) is 0 Å². The highest BCUT2D eigenvalue weighted by Crippen LogP contribution is 2.12. The molecule has 0 atom stereocenters. The normalized spacial score (nSPS) is 17.2. The molecule has 0 aromatic carbocycles. The molecule has 7 nitrogen and oxygen atoms in total. The highest BCUT2D eigenvalue weighted by molar-refractivity contribution is 5.11. The lowest BCUT2D eigenvalue weighted by molar-refractivity contribution is -0.404. The maximum atomic E-state index is 10.5.